The lowest BCUT2D eigenvalue weighted by Gasteiger charge is -2.18. The Morgan fingerprint density at radius 2 is 2.04 bits per heavy atom. The zero-order chi connectivity index (χ0) is 19.5. The Morgan fingerprint density at radius 3 is 2.79 bits per heavy atom. The summed E-state index contributed by atoms with van der Waals surface area (Å²) < 4.78 is 1.62. The minimum absolute atomic E-state index is 0.0815. The van der Waals surface area contributed by atoms with Crippen molar-refractivity contribution in [3.63, 3.8) is 0 Å². The van der Waals surface area contributed by atoms with Crippen molar-refractivity contribution < 1.29 is 4.79 Å². The van der Waals surface area contributed by atoms with Crippen molar-refractivity contribution in [1.29, 1.82) is 0 Å². The number of carbonyl (C=O) groups excluding carboxylic acids is 1. The normalized spacial score (nSPS) is 19.1. The summed E-state index contributed by atoms with van der Waals surface area (Å²) in [6, 6.07) is 12.0. The van der Waals surface area contributed by atoms with E-state index in [2.05, 4.69) is 64.3 Å². The van der Waals surface area contributed by atoms with Gasteiger partial charge in [0.05, 0.1) is 9.08 Å². The molecule has 1 aromatic carbocycles. The van der Waals surface area contributed by atoms with Crippen LogP contribution in [0.3, 0.4) is 0 Å². The number of nitrogens with zero attached hydrogens (tertiary/aromatic N) is 1. The van der Waals surface area contributed by atoms with Crippen molar-refractivity contribution >= 4 is 49.5 Å². The van der Waals surface area contributed by atoms with Crippen LogP contribution >= 0.6 is 43.6 Å². The minimum atomic E-state index is -0.0815. The van der Waals surface area contributed by atoms with Crippen LogP contribution in [0.25, 0.3) is 0 Å². The third-order valence-corrected chi connectivity index (χ3v) is 7.77. The number of carbonyl (C=O) groups is 1. The molecule has 0 unspecified atom stereocenters. The number of nitrogens with one attached hydrogen (secondary N) is 3. The van der Waals surface area contributed by atoms with Crippen LogP contribution in [0.15, 0.2) is 61.7 Å². The quantitative estimate of drug-likeness (QED) is 0.386. The lowest BCUT2D eigenvalue weighted by molar-refractivity contribution is 0.0941. The van der Waals surface area contributed by atoms with Gasteiger partial charge in [0, 0.05) is 29.2 Å². The monoisotopic (exact) mass is 522 g/mol. The Bertz CT molecular complexity index is 937. The van der Waals surface area contributed by atoms with Crippen molar-refractivity contribution in [3.05, 3.63) is 63.1 Å². The van der Waals surface area contributed by atoms with Crippen LogP contribution in [0.2, 0.25) is 0 Å². The first kappa shape index (κ1) is 19.8. The molecule has 146 valence electrons. The highest BCUT2D eigenvalue weighted by atomic mass is 79.9. The number of H-pyrrole nitrogens is 2. The number of halogens is 2. The summed E-state index contributed by atoms with van der Waals surface area (Å²) in [6.07, 6.45) is 5.36. The minimum Gasteiger partial charge on any atom is -0.350 e. The Kier molecular flexibility index (Phi) is 6.28. The van der Waals surface area contributed by atoms with Crippen molar-refractivity contribution in [1.82, 2.24) is 20.3 Å². The lowest BCUT2D eigenvalue weighted by Crippen LogP contribution is -2.30. The first-order valence-corrected chi connectivity index (χ1v) is 11.6. The van der Waals surface area contributed by atoms with Crippen LogP contribution in [-0.4, -0.2) is 27.4 Å². The first-order valence-electron chi connectivity index (χ1n) is 9.20. The fraction of sp³-hybridized carbons (Fsp3) is 0.300. The molecule has 1 fully saturated rings. The molecule has 2 heterocycles. The summed E-state index contributed by atoms with van der Waals surface area (Å²) in [5.41, 5.74) is 1.72. The summed E-state index contributed by atoms with van der Waals surface area (Å²) in [7, 11) is 0. The van der Waals surface area contributed by atoms with Crippen LogP contribution in [-0.2, 0) is 0 Å². The molecular formula is C20H20Br2N4OS. The Morgan fingerprint density at radius 1 is 1.21 bits per heavy atom. The van der Waals surface area contributed by atoms with Crippen LogP contribution < -0.4 is 5.32 Å². The van der Waals surface area contributed by atoms with Gasteiger partial charge in [-0.2, -0.15) is 0 Å². The second-order valence-corrected chi connectivity index (χ2v) is 9.62. The van der Waals surface area contributed by atoms with E-state index in [1.807, 2.05) is 24.4 Å². The molecule has 5 nitrogen and oxygen atoms in total. The second kappa shape index (κ2) is 8.88. The van der Waals surface area contributed by atoms with Gasteiger partial charge in [-0.25, -0.2) is 4.98 Å². The Labute approximate surface area is 184 Å². The topological polar surface area (TPSA) is 73.6 Å². The first-order chi connectivity index (χ1) is 13.6. The number of amides is 1. The molecular weight excluding hydrogens is 504 g/mol. The molecule has 1 amide bonds. The average molecular weight is 524 g/mol. The summed E-state index contributed by atoms with van der Waals surface area (Å²) in [5, 5.41) is 3.99. The maximum absolute atomic E-state index is 12.4. The van der Waals surface area contributed by atoms with Crippen molar-refractivity contribution in [2.45, 2.75) is 35.2 Å². The molecule has 4 rings (SSSR count). The molecule has 2 atom stereocenters. The Hall–Kier alpha value is -1.51. The molecule has 0 radical (unpaired) electrons. The van der Waals surface area contributed by atoms with Gasteiger partial charge in [0.15, 0.2) is 5.16 Å². The van der Waals surface area contributed by atoms with Gasteiger partial charge in [-0.1, -0.05) is 36.4 Å². The standard InChI is InChI=1S/C20H20Br2N4OS/c21-15-9-16(25-18(15)22)19(27)23-10-12-5-4-8-14(12)17-11-24-20(26-17)28-13-6-2-1-3-7-13/h1-3,6-7,9,11-12,14,25H,4-5,8,10H2,(H,23,27)(H,24,26)/t12-,14+/m1/s1. The summed E-state index contributed by atoms with van der Waals surface area (Å²) in [5.74, 6) is 0.739. The van der Waals surface area contributed by atoms with Gasteiger partial charge < -0.3 is 15.3 Å². The highest BCUT2D eigenvalue weighted by molar-refractivity contribution is 9.13. The molecule has 0 spiro atoms. The van der Waals surface area contributed by atoms with Crippen molar-refractivity contribution in [2.75, 3.05) is 6.54 Å². The van der Waals surface area contributed by atoms with E-state index in [0.717, 1.165) is 27.1 Å². The molecule has 8 heteroatoms. The van der Waals surface area contributed by atoms with Gasteiger partial charge in [0.2, 0.25) is 0 Å². The number of rotatable bonds is 6. The van der Waals surface area contributed by atoms with E-state index in [9.17, 15) is 4.79 Å². The molecule has 28 heavy (non-hydrogen) atoms. The van der Waals surface area contributed by atoms with Crippen LogP contribution in [0.4, 0.5) is 0 Å². The molecule has 3 N–H and O–H groups in total. The number of imidazole rings is 1. The SMILES string of the molecule is O=C(NC[C@H]1CCC[C@@H]1c1cnc(Sc2ccccc2)[nH]1)c1cc(Br)c(Br)[nH]1. The molecule has 0 bridgehead atoms. The fourth-order valence-electron chi connectivity index (χ4n) is 3.69. The molecule has 0 saturated heterocycles. The maximum Gasteiger partial charge on any atom is 0.267 e. The number of aromatic nitrogens is 3. The van der Waals surface area contributed by atoms with Gasteiger partial charge in [-0.3, -0.25) is 4.79 Å². The highest BCUT2D eigenvalue weighted by Gasteiger charge is 2.30. The van der Waals surface area contributed by atoms with Crippen LogP contribution in [0, 0.1) is 5.92 Å². The fourth-order valence-corrected chi connectivity index (χ4v) is 5.14. The number of aromatic amines is 2. The average Bonchev–Trinajstić information content (AvgIpc) is 3.41. The number of hydrogen-bond acceptors (Lipinski definition) is 3. The third kappa shape index (κ3) is 4.55. The van der Waals surface area contributed by atoms with Gasteiger partial charge in [-0.05, 0) is 68.8 Å². The van der Waals surface area contributed by atoms with Gasteiger partial charge in [-0.15, -0.1) is 0 Å². The van der Waals surface area contributed by atoms with E-state index in [0.29, 0.717) is 24.1 Å². The van der Waals surface area contributed by atoms with E-state index in [1.165, 1.54) is 17.0 Å². The molecule has 1 aliphatic carbocycles. The van der Waals surface area contributed by atoms with Crippen LogP contribution in [0.5, 0.6) is 0 Å². The van der Waals surface area contributed by atoms with E-state index >= 15 is 0 Å². The van der Waals surface area contributed by atoms with E-state index in [-0.39, 0.29) is 5.91 Å². The van der Waals surface area contributed by atoms with E-state index in [1.54, 1.807) is 17.8 Å². The van der Waals surface area contributed by atoms with Crippen molar-refractivity contribution in [2.24, 2.45) is 5.92 Å². The van der Waals surface area contributed by atoms with Gasteiger partial charge >= 0.3 is 0 Å². The third-order valence-electron chi connectivity index (χ3n) is 5.08. The Balaban J connectivity index is 1.37. The largest absolute Gasteiger partial charge is 0.350 e. The van der Waals surface area contributed by atoms with Crippen molar-refractivity contribution in [3.8, 4) is 0 Å². The maximum atomic E-state index is 12.4. The number of benzene rings is 1. The van der Waals surface area contributed by atoms with Gasteiger partial charge in [0.25, 0.3) is 5.91 Å². The zero-order valence-electron chi connectivity index (χ0n) is 15.0. The summed E-state index contributed by atoms with van der Waals surface area (Å²) >= 11 is 8.41. The molecule has 2 aromatic heterocycles. The number of hydrogen-bond donors (Lipinski definition) is 3. The highest BCUT2D eigenvalue weighted by Crippen LogP contribution is 2.39. The van der Waals surface area contributed by atoms with E-state index < -0.39 is 0 Å². The lowest BCUT2D eigenvalue weighted by atomic mass is 9.93. The molecule has 1 saturated carbocycles. The molecule has 0 aliphatic heterocycles. The summed E-state index contributed by atoms with van der Waals surface area (Å²) in [6.45, 7) is 0.665. The molecule has 3 aromatic rings. The van der Waals surface area contributed by atoms with Gasteiger partial charge in [0.1, 0.15) is 5.69 Å². The predicted octanol–water partition coefficient (Wildman–Crippen LogP) is 5.73. The predicted molar refractivity (Wildman–Crippen MR) is 118 cm³/mol. The van der Waals surface area contributed by atoms with E-state index in [4.69, 9.17) is 0 Å². The van der Waals surface area contributed by atoms with Crippen LogP contribution in [0.1, 0.15) is 41.4 Å². The zero-order valence-corrected chi connectivity index (χ0v) is 19.0. The summed E-state index contributed by atoms with van der Waals surface area (Å²) in [4.78, 5) is 24.6. The molecule has 1 aliphatic rings. The smallest absolute Gasteiger partial charge is 0.267 e. The second-order valence-electron chi connectivity index (χ2n) is 6.91.